The number of nitrogens with one attached hydrogen (secondary N) is 1. The number of hydrogen-bond acceptors (Lipinski definition) is 4. The van der Waals surface area contributed by atoms with Crippen molar-refractivity contribution in [3.63, 3.8) is 0 Å². The molecule has 0 heterocycles. The van der Waals surface area contributed by atoms with Crippen LogP contribution in [0.15, 0.2) is 48.5 Å². The van der Waals surface area contributed by atoms with E-state index in [2.05, 4.69) is 5.32 Å². The molecule has 0 spiro atoms. The van der Waals surface area contributed by atoms with Crippen LogP contribution in [0.3, 0.4) is 0 Å². The Morgan fingerprint density at radius 1 is 1.04 bits per heavy atom. The van der Waals surface area contributed by atoms with Crippen LogP contribution in [0.2, 0.25) is 0 Å². The minimum absolute atomic E-state index is 0.0518. The van der Waals surface area contributed by atoms with Crippen LogP contribution in [0.1, 0.15) is 30.1 Å². The van der Waals surface area contributed by atoms with E-state index in [0.29, 0.717) is 11.6 Å². The molecular formula is C19H17F2NO4. The van der Waals surface area contributed by atoms with Gasteiger partial charge in [0.15, 0.2) is 11.9 Å². The summed E-state index contributed by atoms with van der Waals surface area (Å²) in [7, 11) is 0. The molecule has 7 heteroatoms. The highest BCUT2D eigenvalue weighted by Gasteiger charge is 2.20. The van der Waals surface area contributed by atoms with Crippen molar-refractivity contribution in [3.05, 3.63) is 65.7 Å². The molecule has 1 unspecified atom stereocenters. The highest BCUT2D eigenvalue weighted by molar-refractivity contribution is 5.98. The Balaban J connectivity index is 1.82. The van der Waals surface area contributed by atoms with Gasteiger partial charge < -0.3 is 10.1 Å². The maximum atomic E-state index is 13.5. The zero-order valence-corrected chi connectivity index (χ0v) is 14.0. The molecule has 2 rings (SSSR count). The third-order valence-corrected chi connectivity index (χ3v) is 3.52. The number of carbonyl (C=O) groups is 3. The Labute approximate surface area is 149 Å². The molecule has 0 aliphatic rings. The van der Waals surface area contributed by atoms with Crippen molar-refractivity contribution in [1.82, 2.24) is 0 Å². The van der Waals surface area contributed by atoms with Gasteiger partial charge in [-0.1, -0.05) is 30.3 Å². The number of rotatable bonds is 7. The van der Waals surface area contributed by atoms with Gasteiger partial charge in [-0.25, -0.2) is 8.78 Å². The molecule has 26 heavy (non-hydrogen) atoms. The molecule has 1 amide bonds. The van der Waals surface area contributed by atoms with E-state index in [1.54, 1.807) is 30.3 Å². The Bertz CT molecular complexity index is 808. The number of ether oxygens (including phenoxy) is 1. The van der Waals surface area contributed by atoms with Gasteiger partial charge in [-0.2, -0.15) is 0 Å². The molecule has 0 aromatic heterocycles. The summed E-state index contributed by atoms with van der Waals surface area (Å²) >= 11 is 0. The number of Topliss-reactive ketones (excluding diaryl/α,β-unsaturated/α-hetero) is 1. The van der Waals surface area contributed by atoms with E-state index in [-0.39, 0.29) is 24.3 Å². The van der Waals surface area contributed by atoms with Gasteiger partial charge in [0.05, 0.1) is 12.1 Å². The largest absolute Gasteiger partial charge is 0.453 e. The zero-order valence-electron chi connectivity index (χ0n) is 14.0. The molecule has 0 fully saturated rings. The fourth-order valence-corrected chi connectivity index (χ4v) is 2.12. The van der Waals surface area contributed by atoms with Crippen LogP contribution in [-0.4, -0.2) is 23.8 Å². The molecule has 136 valence electrons. The maximum Gasteiger partial charge on any atom is 0.307 e. The molecule has 2 aromatic rings. The fourth-order valence-electron chi connectivity index (χ4n) is 2.12. The molecule has 0 saturated heterocycles. The summed E-state index contributed by atoms with van der Waals surface area (Å²) in [5.41, 5.74) is 0.261. The van der Waals surface area contributed by atoms with Gasteiger partial charge in [-0.05, 0) is 19.1 Å². The number of esters is 1. The van der Waals surface area contributed by atoms with Crippen LogP contribution >= 0.6 is 0 Å². The third kappa shape index (κ3) is 5.47. The molecule has 1 atom stereocenters. The van der Waals surface area contributed by atoms with Crippen molar-refractivity contribution < 1.29 is 27.9 Å². The number of carbonyl (C=O) groups excluding carboxylic acids is 3. The Hall–Kier alpha value is -3.09. The molecule has 1 N–H and O–H groups in total. The standard InChI is InChI=1S/C19H17F2NO4/c1-12(19(25)22-16-8-7-14(20)11-15(16)21)26-18(24)10-9-17(23)13-5-3-2-4-6-13/h2-8,11-12H,9-10H2,1H3,(H,22,25). The average molecular weight is 361 g/mol. The fraction of sp³-hybridized carbons (Fsp3) is 0.211. The number of amides is 1. The summed E-state index contributed by atoms with van der Waals surface area (Å²) in [6.45, 7) is 1.31. The summed E-state index contributed by atoms with van der Waals surface area (Å²) in [6.07, 6.45) is -1.43. The van der Waals surface area contributed by atoms with Gasteiger partial charge in [0, 0.05) is 18.1 Å². The van der Waals surface area contributed by atoms with Crippen molar-refractivity contribution >= 4 is 23.3 Å². The first kappa shape index (κ1) is 19.2. The van der Waals surface area contributed by atoms with Crippen molar-refractivity contribution in [2.75, 3.05) is 5.32 Å². The molecule has 0 aliphatic carbocycles. The molecule has 0 bridgehead atoms. The number of anilines is 1. The van der Waals surface area contributed by atoms with Crippen LogP contribution in [0, 0.1) is 11.6 Å². The molecule has 0 aliphatic heterocycles. The monoisotopic (exact) mass is 361 g/mol. The van der Waals surface area contributed by atoms with E-state index in [4.69, 9.17) is 4.74 Å². The second-order valence-corrected chi connectivity index (χ2v) is 5.53. The maximum absolute atomic E-state index is 13.5. The predicted octanol–water partition coefficient (Wildman–Crippen LogP) is 3.50. The predicted molar refractivity (Wildman–Crippen MR) is 90.5 cm³/mol. The normalized spacial score (nSPS) is 11.5. The first-order valence-corrected chi connectivity index (χ1v) is 7.90. The summed E-state index contributed by atoms with van der Waals surface area (Å²) in [5.74, 6) is -3.42. The van der Waals surface area contributed by atoms with E-state index >= 15 is 0 Å². The Morgan fingerprint density at radius 3 is 2.38 bits per heavy atom. The second-order valence-electron chi connectivity index (χ2n) is 5.53. The lowest BCUT2D eigenvalue weighted by molar-refractivity contribution is -0.153. The number of benzene rings is 2. The van der Waals surface area contributed by atoms with E-state index in [1.807, 2.05) is 0 Å². The quantitative estimate of drug-likeness (QED) is 0.605. The first-order chi connectivity index (χ1) is 12.4. The molecule has 0 saturated carbocycles. The molecule has 0 radical (unpaired) electrons. The number of halogens is 2. The minimum atomic E-state index is -1.20. The van der Waals surface area contributed by atoms with Crippen molar-refractivity contribution in [2.45, 2.75) is 25.9 Å². The summed E-state index contributed by atoms with van der Waals surface area (Å²) in [5, 5.41) is 2.21. The highest BCUT2D eigenvalue weighted by atomic mass is 19.1. The Kier molecular flexibility index (Phi) is 6.54. The van der Waals surface area contributed by atoms with Gasteiger partial charge in [0.1, 0.15) is 11.6 Å². The van der Waals surface area contributed by atoms with E-state index in [9.17, 15) is 23.2 Å². The van der Waals surface area contributed by atoms with Crippen LogP contribution in [0.5, 0.6) is 0 Å². The minimum Gasteiger partial charge on any atom is -0.453 e. The van der Waals surface area contributed by atoms with Gasteiger partial charge in [-0.3, -0.25) is 14.4 Å². The van der Waals surface area contributed by atoms with Gasteiger partial charge in [0.2, 0.25) is 0 Å². The van der Waals surface area contributed by atoms with E-state index in [1.165, 1.54) is 6.92 Å². The van der Waals surface area contributed by atoms with Gasteiger partial charge in [0.25, 0.3) is 5.91 Å². The number of ketones is 1. The van der Waals surface area contributed by atoms with E-state index in [0.717, 1.165) is 12.1 Å². The van der Waals surface area contributed by atoms with Crippen molar-refractivity contribution in [2.24, 2.45) is 0 Å². The van der Waals surface area contributed by atoms with Crippen LogP contribution in [0.4, 0.5) is 14.5 Å². The van der Waals surface area contributed by atoms with Gasteiger partial charge >= 0.3 is 5.97 Å². The SMILES string of the molecule is CC(OC(=O)CCC(=O)c1ccccc1)C(=O)Nc1ccc(F)cc1F. The van der Waals surface area contributed by atoms with Crippen LogP contribution in [0.25, 0.3) is 0 Å². The highest BCUT2D eigenvalue weighted by Crippen LogP contribution is 2.15. The second kappa shape index (κ2) is 8.84. The van der Waals surface area contributed by atoms with Crippen LogP contribution < -0.4 is 5.32 Å². The molecule has 2 aromatic carbocycles. The lowest BCUT2D eigenvalue weighted by Gasteiger charge is -2.14. The lowest BCUT2D eigenvalue weighted by atomic mass is 10.1. The first-order valence-electron chi connectivity index (χ1n) is 7.90. The topological polar surface area (TPSA) is 72.5 Å². The summed E-state index contributed by atoms with van der Waals surface area (Å²) in [6, 6.07) is 11.2. The molecule has 5 nitrogen and oxygen atoms in total. The smallest absolute Gasteiger partial charge is 0.307 e. The average Bonchev–Trinajstić information content (AvgIpc) is 2.62. The third-order valence-electron chi connectivity index (χ3n) is 3.52. The van der Waals surface area contributed by atoms with Crippen molar-refractivity contribution in [3.8, 4) is 0 Å². The zero-order chi connectivity index (χ0) is 19.1. The summed E-state index contributed by atoms with van der Waals surface area (Å²) in [4.78, 5) is 35.6. The molecular weight excluding hydrogens is 344 g/mol. The summed E-state index contributed by atoms with van der Waals surface area (Å²) < 4.78 is 31.3. The van der Waals surface area contributed by atoms with Crippen molar-refractivity contribution in [1.29, 1.82) is 0 Å². The lowest BCUT2D eigenvalue weighted by Crippen LogP contribution is -2.30. The number of hydrogen-bond donors (Lipinski definition) is 1. The van der Waals surface area contributed by atoms with Crippen LogP contribution in [-0.2, 0) is 14.3 Å². The van der Waals surface area contributed by atoms with E-state index < -0.39 is 29.6 Å². The Morgan fingerprint density at radius 2 is 1.73 bits per heavy atom. The van der Waals surface area contributed by atoms with Gasteiger partial charge in [-0.15, -0.1) is 0 Å².